The van der Waals surface area contributed by atoms with Crippen LogP contribution in [0.25, 0.3) is 0 Å². The predicted molar refractivity (Wildman–Crippen MR) is 88.8 cm³/mol. The maximum atomic E-state index is 13.2. The molecule has 4 rings (SSSR count). The predicted octanol–water partition coefficient (Wildman–Crippen LogP) is 3.13. The first kappa shape index (κ1) is 16.8. The molecule has 9 heteroatoms. The Morgan fingerprint density at radius 2 is 2.04 bits per heavy atom. The van der Waals surface area contributed by atoms with Gasteiger partial charge in [-0.05, 0) is 25.5 Å². The van der Waals surface area contributed by atoms with Crippen molar-refractivity contribution < 1.29 is 23.0 Å². The van der Waals surface area contributed by atoms with Gasteiger partial charge < -0.3 is 19.1 Å². The smallest absolute Gasteiger partial charge is 0.420 e. The van der Waals surface area contributed by atoms with Crippen molar-refractivity contribution >= 4 is 5.69 Å². The molecular formula is C17H18F2N4O3. The molecule has 7 nitrogen and oxygen atoms in total. The number of halogens is 2. The standard InChI is InChI=1S/C17H18F2N4O3/c1-3-16(2)9-23(10-22-16)11-7-20-15(21-8-11)24-12-5-4-6-13-14(12)26-17(18,19)25-13/h4-8,22H,3,9-10H2,1-2H3/t16-/m1/s1. The van der Waals surface area contributed by atoms with E-state index in [1.54, 1.807) is 12.4 Å². The van der Waals surface area contributed by atoms with E-state index >= 15 is 0 Å². The van der Waals surface area contributed by atoms with E-state index in [1.807, 2.05) is 0 Å². The van der Waals surface area contributed by atoms with Gasteiger partial charge in [0.15, 0.2) is 11.5 Å². The van der Waals surface area contributed by atoms with Crippen molar-refractivity contribution in [3.05, 3.63) is 30.6 Å². The molecule has 26 heavy (non-hydrogen) atoms. The van der Waals surface area contributed by atoms with Crippen molar-refractivity contribution in [1.82, 2.24) is 15.3 Å². The van der Waals surface area contributed by atoms with Gasteiger partial charge in [0.25, 0.3) is 0 Å². The second-order valence-electron chi connectivity index (χ2n) is 6.52. The largest absolute Gasteiger partial charge is 0.586 e. The molecule has 1 atom stereocenters. The first-order valence-electron chi connectivity index (χ1n) is 8.26. The van der Waals surface area contributed by atoms with Crippen LogP contribution in [-0.2, 0) is 0 Å². The maximum Gasteiger partial charge on any atom is 0.586 e. The zero-order valence-electron chi connectivity index (χ0n) is 14.3. The number of nitrogens with zero attached hydrogens (tertiary/aromatic N) is 3. The van der Waals surface area contributed by atoms with Crippen LogP contribution in [0.5, 0.6) is 23.3 Å². The molecule has 0 unspecified atom stereocenters. The minimum Gasteiger partial charge on any atom is -0.420 e. The molecule has 0 radical (unpaired) electrons. The lowest BCUT2D eigenvalue weighted by molar-refractivity contribution is -0.287. The highest BCUT2D eigenvalue weighted by atomic mass is 19.3. The highest BCUT2D eigenvalue weighted by molar-refractivity contribution is 5.54. The van der Waals surface area contributed by atoms with E-state index in [1.165, 1.54) is 18.2 Å². The molecule has 1 N–H and O–H groups in total. The summed E-state index contributed by atoms with van der Waals surface area (Å²) in [6, 6.07) is 4.41. The Hall–Kier alpha value is -2.68. The molecule has 2 aliphatic rings. The number of para-hydroxylation sites is 1. The van der Waals surface area contributed by atoms with E-state index in [4.69, 9.17) is 4.74 Å². The van der Waals surface area contributed by atoms with Gasteiger partial charge in [-0.2, -0.15) is 0 Å². The molecule has 138 valence electrons. The number of alkyl halides is 2. The Labute approximate surface area is 148 Å². The average molecular weight is 364 g/mol. The Morgan fingerprint density at radius 1 is 1.27 bits per heavy atom. The number of nitrogens with one attached hydrogen (secondary N) is 1. The summed E-state index contributed by atoms with van der Waals surface area (Å²) in [4.78, 5) is 10.5. The van der Waals surface area contributed by atoms with Gasteiger partial charge in [0.1, 0.15) is 0 Å². The summed E-state index contributed by atoms with van der Waals surface area (Å²) in [5, 5.41) is 3.46. The quantitative estimate of drug-likeness (QED) is 0.894. The van der Waals surface area contributed by atoms with Crippen LogP contribution >= 0.6 is 0 Å². The first-order valence-corrected chi connectivity index (χ1v) is 8.26. The molecule has 0 spiro atoms. The van der Waals surface area contributed by atoms with Gasteiger partial charge in [-0.3, -0.25) is 5.32 Å². The number of fused-ring (bicyclic) bond motifs is 1. The first-order chi connectivity index (χ1) is 12.4. The summed E-state index contributed by atoms with van der Waals surface area (Å²) in [5.74, 6) is -0.201. The third-order valence-corrected chi connectivity index (χ3v) is 4.59. The Kier molecular flexibility index (Phi) is 3.83. The lowest BCUT2D eigenvalue weighted by Gasteiger charge is -2.22. The van der Waals surface area contributed by atoms with Crippen LogP contribution in [0.3, 0.4) is 0 Å². The van der Waals surface area contributed by atoms with Gasteiger partial charge in [0, 0.05) is 12.1 Å². The van der Waals surface area contributed by atoms with E-state index in [-0.39, 0.29) is 28.8 Å². The average Bonchev–Trinajstić information content (AvgIpc) is 3.16. The Balaban J connectivity index is 1.49. The van der Waals surface area contributed by atoms with E-state index < -0.39 is 6.29 Å². The van der Waals surface area contributed by atoms with Crippen LogP contribution in [0.4, 0.5) is 14.5 Å². The van der Waals surface area contributed by atoms with Gasteiger partial charge in [-0.25, -0.2) is 9.97 Å². The SMILES string of the molecule is CC[C@]1(C)CN(c2cnc(Oc3cccc4c3OC(F)(F)O4)nc2)CN1. The van der Waals surface area contributed by atoms with Crippen LogP contribution in [0, 0.1) is 0 Å². The van der Waals surface area contributed by atoms with Crippen molar-refractivity contribution in [3.8, 4) is 23.3 Å². The molecular weight excluding hydrogens is 346 g/mol. The highest BCUT2D eigenvalue weighted by Gasteiger charge is 2.45. The Morgan fingerprint density at radius 3 is 2.73 bits per heavy atom. The van der Waals surface area contributed by atoms with Crippen LogP contribution in [0.2, 0.25) is 0 Å². The van der Waals surface area contributed by atoms with Crippen molar-refractivity contribution in [2.75, 3.05) is 18.1 Å². The van der Waals surface area contributed by atoms with Crippen LogP contribution in [-0.4, -0.2) is 35.0 Å². The van der Waals surface area contributed by atoms with E-state index in [9.17, 15) is 8.78 Å². The highest BCUT2D eigenvalue weighted by Crippen LogP contribution is 2.47. The fourth-order valence-electron chi connectivity index (χ4n) is 2.89. The summed E-state index contributed by atoms with van der Waals surface area (Å²) in [6.45, 7) is 5.86. The summed E-state index contributed by atoms with van der Waals surface area (Å²) in [6.07, 6.45) is 0.583. The topological polar surface area (TPSA) is 68.7 Å². The maximum absolute atomic E-state index is 13.2. The molecule has 2 aliphatic heterocycles. The summed E-state index contributed by atoms with van der Waals surface area (Å²) >= 11 is 0. The van der Waals surface area contributed by atoms with E-state index in [0.29, 0.717) is 6.67 Å². The molecule has 0 saturated carbocycles. The molecule has 0 aliphatic carbocycles. The molecule has 3 heterocycles. The lowest BCUT2D eigenvalue weighted by atomic mass is 10.0. The molecule has 2 aromatic rings. The third-order valence-electron chi connectivity index (χ3n) is 4.59. The Bertz CT molecular complexity index is 818. The number of rotatable bonds is 4. The van der Waals surface area contributed by atoms with Crippen LogP contribution < -0.4 is 24.4 Å². The van der Waals surface area contributed by atoms with Crippen molar-refractivity contribution in [2.45, 2.75) is 32.1 Å². The second kappa shape index (κ2) is 5.94. The number of aromatic nitrogens is 2. The minimum absolute atomic E-state index is 0.0337. The zero-order valence-corrected chi connectivity index (χ0v) is 14.3. The van der Waals surface area contributed by atoms with Crippen molar-refractivity contribution in [2.24, 2.45) is 0 Å². The summed E-state index contributed by atoms with van der Waals surface area (Å²) in [7, 11) is 0. The third kappa shape index (κ3) is 3.10. The number of ether oxygens (including phenoxy) is 3. The van der Waals surface area contributed by atoms with Crippen LogP contribution in [0.15, 0.2) is 30.6 Å². The van der Waals surface area contributed by atoms with Crippen molar-refractivity contribution in [1.29, 1.82) is 0 Å². The fraction of sp³-hybridized carbons (Fsp3) is 0.412. The van der Waals surface area contributed by atoms with Gasteiger partial charge in [-0.15, -0.1) is 8.78 Å². The zero-order chi connectivity index (χ0) is 18.4. The van der Waals surface area contributed by atoms with Crippen LogP contribution in [0.1, 0.15) is 20.3 Å². The molecule has 1 fully saturated rings. The molecule has 1 aromatic carbocycles. The second-order valence-corrected chi connectivity index (χ2v) is 6.52. The fourth-order valence-corrected chi connectivity index (χ4v) is 2.89. The van der Waals surface area contributed by atoms with Gasteiger partial charge >= 0.3 is 12.3 Å². The number of benzene rings is 1. The number of anilines is 1. The molecule has 0 bridgehead atoms. The van der Waals surface area contributed by atoms with E-state index in [2.05, 4.69) is 43.5 Å². The van der Waals surface area contributed by atoms with E-state index in [0.717, 1.165) is 18.7 Å². The molecule has 1 aromatic heterocycles. The van der Waals surface area contributed by atoms with Gasteiger partial charge in [0.2, 0.25) is 5.75 Å². The van der Waals surface area contributed by atoms with Crippen molar-refractivity contribution in [3.63, 3.8) is 0 Å². The summed E-state index contributed by atoms with van der Waals surface area (Å²) < 4.78 is 40.8. The molecule has 1 saturated heterocycles. The minimum atomic E-state index is -3.71. The number of hydrogen-bond acceptors (Lipinski definition) is 7. The van der Waals surface area contributed by atoms with Gasteiger partial charge in [-0.1, -0.05) is 13.0 Å². The summed E-state index contributed by atoms with van der Waals surface area (Å²) in [5.41, 5.74) is 0.911. The number of hydrogen-bond donors (Lipinski definition) is 1. The molecule has 0 amide bonds. The monoisotopic (exact) mass is 364 g/mol. The lowest BCUT2D eigenvalue weighted by Crippen LogP contribution is -2.38. The van der Waals surface area contributed by atoms with Gasteiger partial charge in [0.05, 0.1) is 24.7 Å². The normalized spacial score (nSPS) is 23.3.